The third kappa shape index (κ3) is 4.45. The molecule has 0 fully saturated rings. The van der Waals surface area contributed by atoms with Crippen molar-refractivity contribution in [3.63, 3.8) is 0 Å². The number of fused-ring (bicyclic) bond motifs is 1. The van der Waals surface area contributed by atoms with E-state index in [0.717, 1.165) is 11.3 Å². The van der Waals surface area contributed by atoms with Crippen LogP contribution >= 0.6 is 11.8 Å². The largest absolute Gasteiger partial charge is 0.350 e. The predicted molar refractivity (Wildman–Crippen MR) is 107 cm³/mol. The zero-order valence-electron chi connectivity index (χ0n) is 15.2. The smallest absolute Gasteiger partial charge is 0.291 e. The van der Waals surface area contributed by atoms with Crippen molar-refractivity contribution in [3.8, 4) is 5.69 Å². The van der Waals surface area contributed by atoms with Gasteiger partial charge in [0.05, 0.1) is 22.9 Å². The van der Waals surface area contributed by atoms with Gasteiger partial charge in [0, 0.05) is 18.3 Å². The topological polar surface area (TPSA) is 64.7 Å². The minimum atomic E-state index is -2.61. The van der Waals surface area contributed by atoms with Gasteiger partial charge in [0.2, 0.25) is 5.91 Å². The summed E-state index contributed by atoms with van der Waals surface area (Å²) in [6.07, 6.45) is 3.51. The van der Waals surface area contributed by atoms with Gasteiger partial charge in [0.1, 0.15) is 6.54 Å². The highest BCUT2D eigenvalue weighted by Gasteiger charge is 2.17. The van der Waals surface area contributed by atoms with Gasteiger partial charge in [-0.15, -0.1) is 0 Å². The standard InChI is InChI=1S/C20H17F2N5OS/c21-19(22)29-20-25-16-8-4-5-9-17(16)26(20)13-18(28)23-10-14-11-24-27(12-14)15-6-2-1-3-7-15/h1-9,11-12,19H,10,13H2,(H,23,28). The molecule has 4 aromatic rings. The van der Waals surface area contributed by atoms with Gasteiger partial charge in [-0.3, -0.25) is 4.79 Å². The highest BCUT2D eigenvalue weighted by Crippen LogP contribution is 2.28. The molecule has 6 nitrogen and oxygen atoms in total. The summed E-state index contributed by atoms with van der Waals surface area (Å²) in [7, 11) is 0. The number of aromatic nitrogens is 4. The molecular formula is C20H17F2N5OS. The van der Waals surface area contributed by atoms with Gasteiger partial charge in [0.15, 0.2) is 5.16 Å². The summed E-state index contributed by atoms with van der Waals surface area (Å²) < 4.78 is 29.0. The van der Waals surface area contributed by atoms with E-state index in [2.05, 4.69) is 15.4 Å². The highest BCUT2D eigenvalue weighted by atomic mass is 32.2. The van der Waals surface area contributed by atoms with E-state index < -0.39 is 5.76 Å². The first kappa shape index (κ1) is 19.1. The van der Waals surface area contributed by atoms with E-state index in [9.17, 15) is 13.6 Å². The molecule has 0 spiro atoms. The molecule has 0 aliphatic rings. The SMILES string of the molecule is O=C(Cn1c(SC(F)F)nc2ccccc21)NCc1cnn(-c2ccccc2)c1. The first-order valence-electron chi connectivity index (χ1n) is 8.86. The monoisotopic (exact) mass is 413 g/mol. The summed E-state index contributed by atoms with van der Waals surface area (Å²) in [6, 6.07) is 16.7. The second-order valence-corrected chi connectivity index (χ2v) is 7.21. The van der Waals surface area contributed by atoms with Gasteiger partial charge in [-0.05, 0) is 36.0 Å². The number of hydrogen-bond acceptors (Lipinski definition) is 4. The van der Waals surface area contributed by atoms with Crippen LogP contribution in [-0.2, 0) is 17.9 Å². The van der Waals surface area contributed by atoms with Crippen LogP contribution in [0, 0.1) is 0 Å². The molecule has 0 unspecified atom stereocenters. The van der Waals surface area contributed by atoms with Crippen LogP contribution in [0.3, 0.4) is 0 Å². The van der Waals surface area contributed by atoms with Crippen LogP contribution in [-0.4, -0.2) is 31.0 Å². The first-order chi connectivity index (χ1) is 14.1. The molecule has 2 aromatic carbocycles. The Labute approximate surface area is 169 Å². The molecule has 1 N–H and O–H groups in total. The molecule has 2 heterocycles. The Kier molecular flexibility index (Phi) is 5.57. The maximum Gasteiger partial charge on any atom is 0.291 e. The third-order valence-electron chi connectivity index (χ3n) is 4.26. The molecule has 4 rings (SSSR count). The van der Waals surface area contributed by atoms with Crippen molar-refractivity contribution in [1.82, 2.24) is 24.6 Å². The zero-order valence-corrected chi connectivity index (χ0v) is 16.0. The first-order valence-corrected chi connectivity index (χ1v) is 9.74. The maximum absolute atomic E-state index is 12.9. The number of amides is 1. The number of alkyl halides is 2. The Bertz CT molecular complexity index is 1130. The highest BCUT2D eigenvalue weighted by molar-refractivity contribution is 7.99. The van der Waals surface area contributed by atoms with Gasteiger partial charge >= 0.3 is 0 Å². The molecule has 0 aliphatic heterocycles. The van der Waals surface area contributed by atoms with Crippen LogP contribution in [0.4, 0.5) is 8.78 Å². The Morgan fingerprint density at radius 1 is 1.10 bits per heavy atom. The molecule has 0 radical (unpaired) electrons. The van der Waals surface area contributed by atoms with Crippen LogP contribution < -0.4 is 5.32 Å². The predicted octanol–water partition coefficient (Wildman–Crippen LogP) is 3.85. The number of thioether (sulfide) groups is 1. The fourth-order valence-corrected chi connectivity index (χ4v) is 3.55. The van der Waals surface area contributed by atoms with E-state index in [1.54, 1.807) is 35.1 Å². The van der Waals surface area contributed by atoms with Gasteiger partial charge < -0.3 is 9.88 Å². The molecule has 0 aliphatic carbocycles. The van der Waals surface area contributed by atoms with Crippen molar-refractivity contribution in [3.05, 3.63) is 72.6 Å². The molecule has 148 valence electrons. The molecule has 0 bridgehead atoms. The number of carbonyl (C=O) groups is 1. The second-order valence-electron chi connectivity index (χ2n) is 6.25. The Hall–Kier alpha value is -3.20. The van der Waals surface area contributed by atoms with Crippen molar-refractivity contribution in [2.75, 3.05) is 0 Å². The van der Waals surface area contributed by atoms with Crippen LogP contribution in [0.15, 0.2) is 72.1 Å². The van der Waals surface area contributed by atoms with E-state index in [4.69, 9.17) is 0 Å². The minimum Gasteiger partial charge on any atom is -0.350 e. The van der Waals surface area contributed by atoms with Crippen LogP contribution in [0.2, 0.25) is 0 Å². The fourth-order valence-electron chi connectivity index (χ4n) is 2.95. The van der Waals surface area contributed by atoms with E-state index in [-0.39, 0.29) is 24.2 Å². The molecular weight excluding hydrogens is 396 g/mol. The lowest BCUT2D eigenvalue weighted by Crippen LogP contribution is -2.27. The van der Waals surface area contributed by atoms with Gasteiger partial charge in [-0.25, -0.2) is 9.67 Å². The molecule has 9 heteroatoms. The lowest BCUT2D eigenvalue weighted by molar-refractivity contribution is -0.121. The van der Waals surface area contributed by atoms with Crippen molar-refractivity contribution >= 4 is 28.7 Å². The average molecular weight is 413 g/mol. The average Bonchev–Trinajstić information content (AvgIpc) is 3.32. The Balaban J connectivity index is 1.45. The minimum absolute atomic E-state index is 0.0949. The Morgan fingerprint density at radius 2 is 1.86 bits per heavy atom. The van der Waals surface area contributed by atoms with Crippen molar-refractivity contribution in [2.45, 2.75) is 24.0 Å². The second kappa shape index (κ2) is 8.44. The number of carbonyl (C=O) groups excluding carboxylic acids is 1. The van der Waals surface area contributed by atoms with Gasteiger partial charge in [-0.2, -0.15) is 13.9 Å². The fraction of sp³-hybridized carbons (Fsp3) is 0.150. The molecule has 0 saturated carbocycles. The summed E-state index contributed by atoms with van der Waals surface area (Å²) in [5.74, 6) is -2.91. The number of nitrogens with zero attached hydrogens (tertiary/aromatic N) is 4. The molecule has 0 saturated heterocycles. The molecule has 1 amide bonds. The summed E-state index contributed by atoms with van der Waals surface area (Å²) in [6.45, 7) is 0.192. The Morgan fingerprint density at radius 3 is 2.66 bits per heavy atom. The quantitative estimate of drug-likeness (QED) is 0.468. The summed E-state index contributed by atoms with van der Waals surface area (Å²) in [5, 5.41) is 7.22. The lowest BCUT2D eigenvalue weighted by atomic mass is 10.3. The normalized spacial score (nSPS) is 11.3. The molecule has 29 heavy (non-hydrogen) atoms. The van der Waals surface area contributed by atoms with Crippen molar-refractivity contribution < 1.29 is 13.6 Å². The number of imidazole rings is 1. The van der Waals surface area contributed by atoms with Gasteiger partial charge in [0.25, 0.3) is 5.76 Å². The van der Waals surface area contributed by atoms with Gasteiger partial charge in [-0.1, -0.05) is 30.3 Å². The maximum atomic E-state index is 12.9. The van der Waals surface area contributed by atoms with Crippen LogP contribution in [0.5, 0.6) is 0 Å². The summed E-state index contributed by atoms with van der Waals surface area (Å²) >= 11 is 0.333. The van der Waals surface area contributed by atoms with Crippen molar-refractivity contribution in [2.24, 2.45) is 0 Å². The zero-order chi connectivity index (χ0) is 20.2. The number of benzene rings is 2. The number of para-hydroxylation sites is 3. The summed E-state index contributed by atoms with van der Waals surface area (Å²) in [5.41, 5.74) is 2.97. The number of nitrogens with one attached hydrogen (secondary N) is 1. The summed E-state index contributed by atoms with van der Waals surface area (Å²) in [4.78, 5) is 16.7. The molecule has 0 atom stereocenters. The van der Waals surface area contributed by atoms with E-state index in [1.165, 1.54) is 4.57 Å². The van der Waals surface area contributed by atoms with E-state index >= 15 is 0 Å². The van der Waals surface area contributed by atoms with Crippen LogP contribution in [0.25, 0.3) is 16.7 Å². The number of rotatable bonds is 7. The number of halogens is 2. The third-order valence-corrected chi connectivity index (χ3v) is 4.96. The number of hydrogen-bond donors (Lipinski definition) is 1. The molecule has 2 aromatic heterocycles. The van der Waals surface area contributed by atoms with E-state index in [0.29, 0.717) is 22.8 Å². The van der Waals surface area contributed by atoms with Crippen LogP contribution in [0.1, 0.15) is 5.56 Å². The lowest BCUT2D eigenvalue weighted by Gasteiger charge is -2.09. The van der Waals surface area contributed by atoms with E-state index in [1.807, 2.05) is 36.5 Å². The van der Waals surface area contributed by atoms with Crippen molar-refractivity contribution in [1.29, 1.82) is 0 Å².